The minimum atomic E-state index is -0.333. The topological polar surface area (TPSA) is 32.3 Å². The molecule has 0 aromatic heterocycles. The maximum absolute atomic E-state index is 9.12. The minimum Gasteiger partial charge on any atom is -0.392 e. The van der Waals surface area contributed by atoms with Crippen molar-refractivity contribution in [2.45, 2.75) is 26.0 Å². The third-order valence-electron chi connectivity index (χ3n) is 2.09. The second-order valence-corrected chi connectivity index (χ2v) is 3.91. The van der Waals surface area contributed by atoms with Crippen LogP contribution in [0.1, 0.15) is 25.5 Å². The average molecular weight is 214 g/mol. The van der Waals surface area contributed by atoms with E-state index in [9.17, 15) is 0 Å². The second kappa shape index (κ2) is 5.35. The molecule has 0 saturated carbocycles. The van der Waals surface area contributed by atoms with Gasteiger partial charge >= 0.3 is 0 Å². The van der Waals surface area contributed by atoms with Crippen LogP contribution in [0.15, 0.2) is 24.3 Å². The first-order valence-electron chi connectivity index (χ1n) is 4.77. The predicted molar refractivity (Wildman–Crippen MR) is 59.6 cm³/mol. The molecular weight excluding hydrogens is 198 g/mol. The van der Waals surface area contributed by atoms with Crippen molar-refractivity contribution in [2.75, 3.05) is 6.54 Å². The summed E-state index contributed by atoms with van der Waals surface area (Å²) in [4.78, 5) is 0. The third-order valence-corrected chi connectivity index (χ3v) is 2.44. The molecule has 0 saturated heterocycles. The smallest absolute Gasteiger partial charge is 0.0636 e. The number of benzene rings is 1. The highest BCUT2D eigenvalue weighted by Crippen LogP contribution is 2.21. The molecule has 1 aromatic carbocycles. The molecule has 0 aliphatic carbocycles. The number of halogens is 1. The van der Waals surface area contributed by atoms with Crippen molar-refractivity contribution in [3.8, 4) is 0 Å². The molecular formula is C11H16ClNO. The molecule has 78 valence electrons. The van der Waals surface area contributed by atoms with E-state index in [1.54, 1.807) is 6.92 Å². The maximum atomic E-state index is 9.12. The lowest BCUT2D eigenvalue weighted by Gasteiger charge is -2.16. The third kappa shape index (κ3) is 3.29. The fourth-order valence-corrected chi connectivity index (χ4v) is 1.58. The molecule has 0 fully saturated rings. The summed E-state index contributed by atoms with van der Waals surface area (Å²) in [5.74, 6) is 0. The zero-order valence-electron chi connectivity index (χ0n) is 8.50. The monoisotopic (exact) mass is 213 g/mol. The van der Waals surface area contributed by atoms with Crippen molar-refractivity contribution in [1.82, 2.24) is 5.32 Å². The molecule has 2 N–H and O–H groups in total. The number of hydrogen-bond acceptors (Lipinski definition) is 2. The van der Waals surface area contributed by atoms with Crippen LogP contribution >= 0.6 is 11.6 Å². The maximum Gasteiger partial charge on any atom is 0.0636 e. The van der Waals surface area contributed by atoms with E-state index in [-0.39, 0.29) is 12.1 Å². The second-order valence-electron chi connectivity index (χ2n) is 3.50. The van der Waals surface area contributed by atoms with Gasteiger partial charge in [0, 0.05) is 17.6 Å². The highest BCUT2D eigenvalue weighted by atomic mass is 35.5. The molecule has 1 aromatic rings. The predicted octanol–water partition coefficient (Wildman–Crippen LogP) is 2.37. The van der Waals surface area contributed by atoms with Crippen LogP contribution in [0.5, 0.6) is 0 Å². The Balaban J connectivity index is 2.60. The molecule has 0 amide bonds. The van der Waals surface area contributed by atoms with E-state index in [0.29, 0.717) is 6.54 Å². The van der Waals surface area contributed by atoms with Crippen LogP contribution in [-0.2, 0) is 0 Å². The lowest BCUT2D eigenvalue weighted by atomic mass is 10.1. The van der Waals surface area contributed by atoms with Crippen LogP contribution in [0.3, 0.4) is 0 Å². The average Bonchev–Trinajstić information content (AvgIpc) is 2.15. The van der Waals surface area contributed by atoms with Crippen molar-refractivity contribution in [3.05, 3.63) is 34.9 Å². The first-order valence-corrected chi connectivity index (χ1v) is 5.15. The lowest BCUT2D eigenvalue weighted by molar-refractivity contribution is 0.187. The van der Waals surface area contributed by atoms with E-state index < -0.39 is 0 Å². The molecule has 0 radical (unpaired) electrons. The van der Waals surface area contributed by atoms with Gasteiger partial charge in [-0.1, -0.05) is 29.8 Å². The number of nitrogens with one attached hydrogen (secondary N) is 1. The van der Waals surface area contributed by atoms with Crippen molar-refractivity contribution in [1.29, 1.82) is 0 Å². The standard InChI is InChI=1S/C11H16ClNO/c1-8(14)7-13-9(2)10-5-3-4-6-11(10)12/h3-6,8-9,13-14H,7H2,1-2H3/t8?,9-/m1/s1. The highest BCUT2D eigenvalue weighted by molar-refractivity contribution is 6.31. The molecule has 2 nitrogen and oxygen atoms in total. The summed E-state index contributed by atoms with van der Waals surface area (Å²) in [6, 6.07) is 7.90. The summed E-state index contributed by atoms with van der Waals surface area (Å²) >= 11 is 6.03. The molecule has 0 spiro atoms. The Labute approximate surface area is 89.9 Å². The summed E-state index contributed by atoms with van der Waals surface area (Å²) in [5, 5.41) is 13.1. The first-order chi connectivity index (χ1) is 6.61. The van der Waals surface area contributed by atoms with Crippen LogP contribution < -0.4 is 5.32 Å². The van der Waals surface area contributed by atoms with Crippen molar-refractivity contribution < 1.29 is 5.11 Å². The normalized spacial score (nSPS) is 15.1. The minimum absolute atomic E-state index is 0.165. The zero-order valence-corrected chi connectivity index (χ0v) is 9.25. The van der Waals surface area contributed by atoms with Gasteiger partial charge in [-0.05, 0) is 25.5 Å². The first kappa shape index (κ1) is 11.5. The SMILES string of the molecule is CC(O)CN[C@H](C)c1ccccc1Cl. The largest absolute Gasteiger partial charge is 0.392 e. The van der Waals surface area contributed by atoms with Gasteiger partial charge in [-0.2, -0.15) is 0 Å². The molecule has 0 bridgehead atoms. The molecule has 3 heteroatoms. The van der Waals surface area contributed by atoms with Crippen molar-refractivity contribution in [2.24, 2.45) is 0 Å². The van der Waals surface area contributed by atoms with Crippen molar-refractivity contribution in [3.63, 3.8) is 0 Å². The molecule has 14 heavy (non-hydrogen) atoms. The quantitative estimate of drug-likeness (QED) is 0.805. The number of aliphatic hydroxyl groups is 1. The van der Waals surface area contributed by atoms with E-state index in [0.717, 1.165) is 10.6 Å². The van der Waals surface area contributed by atoms with Gasteiger partial charge < -0.3 is 10.4 Å². The van der Waals surface area contributed by atoms with Crippen LogP contribution in [0, 0.1) is 0 Å². The Morgan fingerprint density at radius 3 is 2.57 bits per heavy atom. The van der Waals surface area contributed by atoms with Crippen molar-refractivity contribution >= 4 is 11.6 Å². The van der Waals surface area contributed by atoms with Gasteiger partial charge in [0.2, 0.25) is 0 Å². The van der Waals surface area contributed by atoms with E-state index in [1.165, 1.54) is 0 Å². The number of aliphatic hydroxyl groups excluding tert-OH is 1. The number of hydrogen-bond donors (Lipinski definition) is 2. The van der Waals surface area contributed by atoms with E-state index in [4.69, 9.17) is 16.7 Å². The van der Waals surface area contributed by atoms with E-state index >= 15 is 0 Å². The van der Waals surface area contributed by atoms with Crippen LogP contribution in [0.4, 0.5) is 0 Å². The van der Waals surface area contributed by atoms with Gasteiger partial charge in [0.15, 0.2) is 0 Å². The Morgan fingerprint density at radius 1 is 1.36 bits per heavy atom. The summed E-state index contributed by atoms with van der Waals surface area (Å²) in [7, 11) is 0. The van der Waals surface area contributed by atoms with Gasteiger partial charge in [-0.3, -0.25) is 0 Å². The molecule has 1 unspecified atom stereocenters. The summed E-state index contributed by atoms with van der Waals surface area (Å²) in [6.07, 6.45) is -0.333. The highest BCUT2D eigenvalue weighted by Gasteiger charge is 2.08. The summed E-state index contributed by atoms with van der Waals surface area (Å²) in [5.41, 5.74) is 1.06. The Bertz CT molecular complexity index is 288. The van der Waals surface area contributed by atoms with E-state index in [2.05, 4.69) is 5.32 Å². The molecule has 0 heterocycles. The molecule has 2 atom stereocenters. The van der Waals surface area contributed by atoms with Crippen LogP contribution in [-0.4, -0.2) is 17.8 Å². The number of rotatable bonds is 4. The van der Waals surface area contributed by atoms with Gasteiger partial charge in [0.25, 0.3) is 0 Å². The van der Waals surface area contributed by atoms with Gasteiger partial charge in [-0.25, -0.2) is 0 Å². The molecule has 1 rings (SSSR count). The Morgan fingerprint density at radius 2 is 2.00 bits per heavy atom. The van der Waals surface area contributed by atoms with E-state index in [1.807, 2.05) is 31.2 Å². The summed E-state index contributed by atoms with van der Waals surface area (Å²) < 4.78 is 0. The summed E-state index contributed by atoms with van der Waals surface area (Å²) in [6.45, 7) is 4.36. The molecule has 0 aliphatic heterocycles. The molecule has 0 aliphatic rings. The van der Waals surface area contributed by atoms with Crippen LogP contribution in [0.2, 0.25) is 5.02 Å². The lowest BCUT2D eigenvalue weighted by Crippen LogP contribution is -2.27. The van der Waals surface area contributed by atoms with Gasteiger partial charge in [0.05, 0.1) is 6.10 Å². The fraction of sp³-hybridized carbons (Fsp3) is 0.455. The van der Waals surface area contributed by atoms with Gasteiger partial charge in [-0.15, -0.1) is 0 Å². The van der Waals surface area contributed by atoms with Crippen LogP contribution in [0.25, 0.3) is 0 Å². The Kier molecular flexibility index (Phi) is 4.39. The zero-order chi connectivity index (χ0) is 10.6. The Hall–Kier alpha value is -0.570. The van der Waals surface area contributed by atoms with Gasteiger partial charge in [0.1, 0.15) is 0 Å². The fourth-order valence-electron chi connectivity index (χ4n) is 1.28.